The third-order valence-corrected chi connectivity index (χ3v) is 4.25. The van der Waals surface area contributed by atoms with Crippen LogP contribution in [0, 0.1) is 0 Å². The zero-order valence-electron chi connectivity index (χ0n) is 14.4. The van der Waals surface area contributed by atoms with Crippen LogP contribution < -0.4 is 0 Å². The average Bonchev–Trinajstić information content (AvgIpc) is 2.70. The fourth-order valence-corrected chi connectivity index (χ4v) is 2.66. The Labute approximate surface area is 152 Å². The van der Waals surface area contributed by atoms with Gasteiger partial charge in [-0.3, -0.25) is 0 Å². The van der Waals surface area contributed by atoms with Gasteiger partial charge in [0.1, 0.15) is 24.4 Å². The van der Waals surface area contributed by atoms with Crippen LogP contribution >= 0.6 is 0 Å². The molecule has 26 heavy (non-hydrogen) atoms. The summed E-state index contributed by atoms with van der Waals surface area (Å²) in [4.78, 5) is 0. The van der Waals surface area contributed by atoms with E-state index in [2.05, 4.69) is 0 Å². The van der Waals surface area contributed by atoms with Gasteiger partial charge in [0.05, 0.1) is 19.3 Å². The first kappa shape index (κ1) is 20.5. The van der Waals surface area contributed by atoms with Crippen molar-refractivity contribution in [3.63, 3.8) is 0 Å². The molecule has 0 fully saturated rings. The minimum absolute atomic E-state index is 0.223. The van der Waals surface area contributed by atoms with E-state index >= 15 is 0 Å². The first-order valence-electron chi connectivity index (χ1n) is 8.55. The Morgan fingerprint density at radius 1 is 0.692 bits per heavy atom. The maximum atomic E-state index is 10.5. The monoisotopic (exact) mass is 362 g/mol. The minimum atomic E-state index is -1.69. The van der Waals surface area contributed by atoms with E-state index in [0.29, 0.717) is 6.42 Å². The highest BCUT2D eigenvalue weighted by molar-refractivity contribution is 5.17. The molecule has 0 aliphatic heterocycles. The Hall–Kier alpha value is -1.80. The molecule has 5 N–H and O–H groups in total. The fourth-order valence-electron chi connectivity index (χ4n) is 2.66. The Morgan fingerprint density at radius 3 is 1.77 bits per heavy atom. The third kappa shape index (κ3) is 5.88. The van der Waals surface area contributed by atoms with Crippen LogP contribution in [0.15, 0.2) is 60.7 Å². The molecular weight excluding hydrogens is 336 g/mol. The van der Waals surface area contributed by atoms with Gasteiger partial charge in [0.15, 0.2) is 0 Å². The molecule has 0 aliphatic carbocycles. The van der Waals surface area contributed by atoms with Crippen molar-refractivity contribution in [1.82, 2.24) is 0 Å². The molecule has 2 rings (SSSR count). The number of hydrogen-bond acceptors (Lipinski definition) is 6. The number of hydrogen-bond donors (Lipinski definition) is 5. The average molecular weight is 362 g/mol. The van der Waals surface area contributed by atoms with Crippen molar-refractivity contribution in [2.75, 3.05) is 6.61 Å². The maximum absolute atomic E-state index is 10.5. The van der Waals surface area contributed by atoms with Gasteiger partial charge in [0.25, 0.3) is 0 Å². The van der Waals surface area contributed by atoms with Crippen molar-refractivity contribution < 1.29 is 30.3 Å². The molecule has 0 spiro atoms. The molecule has 2 aromatic rings. The van der Waals surface area contributed by atoms with E-state index in [0.717, 1.165) is 11.1 Å². The lowest BCUT2D eigenvalue weighted by Crippen LogP contribution is -2.51. The molecule has 0 saturated heterocycles. The molecule has 0 radical (unpaired) electrons. The SMILES string of the molecule is OC[C@@H](O)[C@@H](O)[C@H](O)[C@@H](O)C(Cc1ccccc1)OCc1ccccc1. The summed E-state index contributed by atoms with van der Waals surface area (Å²) in [5.74, 6) is 0. The maximum Gasteiger partial charge on any atom is 0.111 e. The summed E-state index contributed by atoms with van der Waals surface area (Å²) >= 11 is 0. The largest absolute Gasteiger partial charge is 0.394 e. The molecule has 0 aliphatic rings. The molecule has 2 aromatic carbocycles. The molecule has 6 heteroatoms. The summed E-state index contributed by atoms with van der Waals surface area (Å²) in [6.45, 7) is -0.500. The van der Waals surface area contributed by atoms with Gasteiger partial charge in [0.2, 0.25) is 0 Å². The van der Waals surface area contributed by atoms with Gasteiger partial charge >= 0.3 is 0 Å². The van der Waals surface area contributed by atoms with Gasteiger partial charge in [-0.2, -0.15) is 0 Å². The first-order valence-corrected chi connectivity index (χ1v) is 8.55. The van der Waals surface area contributed by atoms with Crippen LogP contribution in [0.25, 0.3) is 0 Å². The third-order valence-electron chi connectivity index (χ3n) is 4.25. The molecule has 0 saturated carbocycles. The molecule has 142 valence electrons. The lowest BCUT2D eigenvalue weighted by molar-refractivity contribution is -0.152. The summed E-state index contributed by atoms with van der Waals surface area (Å²) in [5, 5.41) is 49.0. The van der Waals surface area contributed by atoms with E-state index < -0.39 is 37.1 Å². The standard InChI is InChI=1S/C20H26O6/c21-12-16(22)18(23)20(25)19(24)17(11-14-7-3-1-4-8-14)26-13-15-9-5-2-6-10-15/h1-10,16-25H,11-13H2/t16-,17?,18-,19+,20+/m1/s1. The van der Waals surface area contributed by atoms with Crippen LogP contribution in [0.1, 0.15) is 11.1 Å². The Bertz CT molecular complexity index is 621. The van der Waals surface area contributed by atoms with Crippen molar-refractivity contribution in [3.05, 3.63) is 71.8 Å². The van der Waals surface area contributed by atoms with Gasteiger partial charge in [0, 0.05) is 6.42 Å². The first-order chi connectivity index (χ1) is 12.5. The van der Waals surface area contributed by atoms with Gasteiger partial charge in [-0.25, -0.2) is 0 Å². The normalized spacial score (nSPS) is 17.3. The highest BCUT2D eigenvalue weighted by atomic mass is 16.5. The summed E-state index contributed by atoms with van der Waals surface area (Å²) < 4.78 is 5.81. The summed E-state index contributed by atoms with van der Waals surface area (Å²) in [6, 6.07) is 18.7. The second kappa shape index (κ2) is 10.4. The van der Waals surface area contributed by atoms with Crippen LogP contribution in [0.3, 0.4) is 0 Å². The van der Waals surface area contributed by atoms with Crippen LogP contribution in [-0.4, -0.2) is 62.7 Å². The van der Waals surface area contributed by atoms with Gasteiger partial charge in [-0.15, -0.1) is 0 Å². The van der Waals surface area contributed by atoms with Crippen LogP contribution in [-0.2, 0) is 17.8 Å². The highest BCUT2D eigenvalue weighted by Crippen LogP contribution is 2.17. The number of aliphatic hydroxyl groups excluding tert-OH is 5. The summed E-state index contributed by atoms with van der Waals surface area (Å²) in [5.41, 5.74) is 1.80. The topological polar surface area (TPSA) is 110 Å². The Kier molecular flexibility index (Phi) is 8.18. The van der Waals surface area contributed by atoms with E-state index in [1.165, 1.54) is 0 Å². The molecule has 1 unspecified atom stereocenters. The second-order valence-electron chi connectivity index (χ2n) is 6.25. The van der Waals surface area contributed by atoms with Crippen LogP contribution in [0.5, 0.6) is 0 Å². The quantitative estimate of drug-likeness (QED) is 0.414. The number of aliphatic hydroxyl groups is 5. The smallest absolute Gasteiger partial charge is 0.111 e. The zero-order valence-corrected chi connectivity index (χ0v) is 14.4. The number of benzene rings is 2. The minimum Gasteiger partial charge on any atom is -0.394 e. The Balaban J connectivity index is 2.10. The molecule has 5 atom stereocenters. The summed E-state index contributed by atoms with van der Waals surface area (Å²) in [7, 11) is 0. The molecular formula is C20H26O6. The van der Waals surface area contributed by atoms with E-state index in [-0.39, 0.29) is 6.61 Å². The van der Waals surface area contributed by atoms with Crippen molar-refractivity contribution in [2.24, 2.45) is 0 Å². The predicted molar refractivity (Wildman–Crippen MR) is 96.3 cm³/mol. The molecule has 0 heterocycles. The van der Waals surface area contributed by atoms with E-state index in [4.69, 9.17) is 9.84 Å². The lowest BCUT2D eigenvalue weighted by Gasteiger charge is -2.31. The number of rotatable bonds is 10. The zero-order chi connectivity index (χ0) is 18.9. The van der Waals surface area contributed by atoms with Crippen LogP contribution in [0.2, 0.25) is 0 Å². The summed E-state index contributed by atoms with van der Waals surface area (Å²) in [6.07, 6.45) is -6.85. The molecule has 6 nitrogen and oxygen atoms in total. The Morgan fingerprint density at radius 2 is 1.23 bits per heavy atom. The van der Waals surface area contributed by atoms with Crippen molar-refractivity contribution in [2.45, 2.75) is 43.5 Å². The van der Waals surface area contributed by atoms with Gasteiger partial charge in [-0.1, -0.05) is 60.7 Å². The highest BCUT2D eigenvalue weighted by Gasteiger charge is 2.35. The van der Waals surface area contributed by atoms with E-state index in [1.54, 1.807) is 0 Å². The van der Waals surface area contributed by atoms with Gasteiger partial charge in [-0.05, 0) is 11.1 Å². The fraction of sp³-hybridized carbons (Fsp3) is 0.400. The van der Waals surface area contributed by atoms with E-state index in [9.17, 15) is 20.4 Å². The van der Waals surface area contributed by atoms with Crippen molar-refractivity contribution in [1.29, 1.82) is 0 Å². The predicted octanol–water partition coefficient (Wildman–Crippen LogP) is 0.250. The lowest BCUT2D eigenvalue weighted by atomic mass is 9.95. The van der Waals surface area contributed by atoms with Crippen molar-refractivity contribution >= 4 is 0 Å². The molecule has 0 bridgehead atoms. The van der Waals surface area contributed by atoms with Crippen molar-refractivity contribution in [3.8, 4) is 0 Å². The molecule has 0 aromatic heterocycles. The van der Waals surface area contributed by atoms with Crippen LogP contribution in [0.4, 0.5) is 0 Å². The second-order valence-corrected chi connectivity index (χ2v) is 6.25. The molecule has 0 amide bonds. The number of ether oxygens (including phenoxy) is 1. The van der Waals surface area contributed by atoms with Gasteiger partial charge < -0.3 is 30.3 Å². The van der Waals surface area contributed by atoms with E-state index in [1.807, 2.05) is 60.7 Å².